The van der Waals surface area contributed by atoms with Crippen LogP contribution in [0.1, 0.15) is 94.2 Å². The van der Waals surface area contributed by atoms with Gasteiger partial charge in [0.15, 0.2) is 0 Å². The Balaban J connectivity index is 3.86. The average molecular weight is 349 g/mol. The summed E-state index contributed by atoms with van der Waals surface area (Å²) in [6.07, 6.45) is 0. The van der Waals surface area contributed by atoms with E-state index < -0.39 is 7.26 Å². The maximum absolute atomic E-state index is 4.94. The van der Waals surface area contributed by atoms with Crippen molar-refractivity contribution < 1.29 is 0 Å². The van der Waals surface area contributed by atoms with Crippen LogP contribution in [0.4, 0.5) is 0 Å². The van der Waals surface area contributed by atoms with Crippen molar-refractivity contribution in [3.63, 3.8) is 0 Å². The van der Waals surface area contributed by atoms with E-state index in [1.165, 1.54) is 16.4 Å². The Bertz CT molecular complexity index is 534. The van der Waals surface area contributed by atoms with Crippen molar-refractivity contribution >= 4 is 12.6 Å². The van der Waals surface area contributed by atoms with Crippen molar-refractivity contribution in [3.8, 4) is 0 Å². The van der Waals surface area contributed by atoms with Gasteiger partial charge in [0, 0.05) is 0 Å². The second-order valence-electron chi connectivity index (χ2n) is 11.4. The number of rotatable bonds is 1. The van der Waals surface area contributed by atoms with Gasteiger partial charge in [0.25, 0.3) is 0 Å². The average Bonchev–Trinajstić information content (AvgIpc) is 2.32. The standard InChI is InChI=1S/C23H41P/c1-20(2,3)17-14-18(21(4,5)6)16-19(15-17)24(13,22(7,8)9)23(10,11)12/h14-16H,13H2,1-12H3. The van der Waals surface area contributed by atoms with Gasteiger partial charge in [0.2, 0.25) is 0 Å². The highest BCUT2D eigenvalue weighted by Crippen LogP contribution is 2.74. The summed E-state index contributed by atoms with van der Waals surface area (Å²) >= 11 is 0. The van der Waals surface area contributed by atoms with Crippen molar-refractivity contribution in [2.24, 2.45) is 0 Å². The fourth-order valence-electron chi connectivity index (χ4n) is 3.48. The van der Waals surface area contributed by atoms with Crippen LogP contribution in [0.2, 0.25) is 0 Å². The van der Waals surface area contributed by atoms with Gasteiger partial charge < -0.3 is 0 Å². The minimum Gasteiger partial charge on any atom is -0.174 e. The van der Waals surface area contributed by atoms with E-state index in [0.717, 1.165) is 0 Å². The molecule has 0 aliphatic carbocycles. The van der Waals surface area contributed by atoms with Gasteiger partial charge in [-0.2, -0.15) is 6.66 Å². The van der Waals surface area contributed by atoms with Gasteiger partial charge in [0.1, 0.15) is 0 Å². The zero-order valence-corrected chi connectivity index (χ0v) is 19.3. The van der Waals surface area contributed by atoms with Gasteiger partial charge in [-0.3, -0.25) is 0 Å². The van der Waals surface area contributed by atoms with E-state index in [4.69, 9.17) is 6.66 Å². The Labute approximate surface area is 153 Å². The van der Waals surface area contributed by atoms with E-state index >= 15 is 0 Å². The summed E-state index contributed by atoms with van der Waals surface area (Å²) in [7, 11) is -1.63. The van der Waals surface area contributed by atoms with Crippen LogP contribution in [0, 0.1) is 6.66 Å². The molecular formula is C23H41P. The Morgan fingerprint density at radius 1 is 0.583 bits per heavy atom. The second kappa shape index (κ2) is 6.12. The first-order chi connectivity index (χ1) is 10.3. The summed E-state index contributed by atoms with van der Waals surface area (Å²) in [5, 5.41) is 1.84. The Morgan fingerprint density at radius 3 is 1.08 bits per heavy atom. The monoisotopic (exact) mass is 348 g/mol. The fraction of sp³-hybridized carbons (Fsp3) is 0.696. The normalized spacial score (nSPS) is 14.9. The van der Waals surface area contributed by atoms with Crippen LogP contribution in [0.3, 0.4) is 0 Å². The van der Waals surface area contributed by atoms with Gasteiger partial charge in [-0.15, -0.1) is 0 Å². The highest BCUT2D eigenvalue weighted by atomic mass is 31.2. The van der Waals surface area contributed by atoms with Crippen LogP contribution in [-0.4, -0.2) is 10.3 Å². The minimum absolute atomic E-state index is 0.149. The third kappa shape index (κ3) is 4.07. The van der Waals surface area contributed by atoms with Crippen LogP contribution >= 0.6 is 7.26 Å². The van der Waals surface area contributed by atoms with E-state index in [9.17, 15) is 0 Å². The van der Waals surface area contributed by atoms with E-state index in [1.807, 2.05) is 0 Å². The quantitative estimate of drug-likeness (QED) is 0.368. The lowest BCUT2D eigenvalue weighted by Gasteiger charge is -2.51. The molecule has 0 radical (unpaired) electrons. The molecule has 1 heteroatoms. The molecule has 0 heterocycles. The van der Waals surface area contributed by atoms with Crippen LogP contribution in [-0.2, 0) is 10.8 Å². The summed E-state index contributed by atoms with van der Waals surface area (Å²) in [4.78, 5) is 0. The molecule has 0 aromatic heterocycles. The van der Waals surface area contributed by atoms with E-state index in [0.29, 0.717) is 0 Å². The van der Waals surface area contributed by atoms with Crippen LogP contribution in [0.5, 0.6) is 0 Å². The molecule has 138 valence electrons. The lowest BCUT2D eigenvalue weighted by Crippen LogP contribution is -2.39. The maximum atomic E-state index is 4.94. The van der Waals surface area contributed by atoms with Gasteiger partial charge in [0.05, 0.1) is 15.6 Å². The molecule has 1 aromatic rings. The van der Waals surface area contributed by atoms with Crippen molar-refractivity contribution in [2.75, 3.05) is 0 Å². The Hall–Kier alpha value is -0.350. The molecule has 0 spiro atoms. The van der Waals surface area contributed by atoms with Crippen molar-refractivity contribution in [2.45, 2.75) is 104 Å². The molecule has 1 aromatic carbocycles. The smallest absolute Gasteiger partial charge is 0.0662 e. The minimum atomic E-state index is -1.63. The predicted octanol–water partition coefficient (Wildman–Crippen LogP) is 7.31. The van der Waals surface area contributed by atoms with Gasteiger partial charge in [-0.1, -0.05) is 54.9 Å². The summed E-state index contributed by atoms with van der Waals surface area (Å²) < 4.78 is 0. The molecule has 0 N–H and O–H groups in total. The summed E-state index contributed by atoms with van der Waals surface area (Å²) in [6.45, 7) is 33.1. The largest absolute Gasteiger partial charge is 0.174 e. The van der Waals surface area contributed by atoms with E-state index in [-0.39, 0.29) is 21.1 Å². The SMILES string of the molecule is [CH2-][P+](c1cc(C(C)(C)C)cc(C(C)(C)C)c1)(C(C)(C)C)C(C)(C)C. The molecule has 0 saturated heterocycles. The molecule has 0 saturated carbocycles. The molecular weight excluding hydrogens is 307 g/mol. The van der Waals surface area contributed by atoms with Crippen LogP contribution in [0.15, 0.2) is 18.2 Å². The third-order valence-electron chi connectivity index (χ3n) is 5.38. The number of hydrogen-bond donors (Lipinski definition) is 0. The summed E-state index contributed by atoms with van der Waals surface area (Å²) in [5.41, 5.74) is 3.17. The molecule has 0 amide bonds. The first kappa shape index (κ1) is 21.7. The van der Waals surface area contributed by atoms with E-state index in [1.54, 1.807) is 0 Å². The zero-order valence-electron chi connectivity index (χ0n) is 18.4. The number of benzene rings is 1. The molecule has 0 bridgehead atoms. The van der Waals surface area contributed by atoms with E-state index in [2.05, 4.69) is 101 Å². The highest BCUT2D eigenvalue weighted by Gasteiger charge is 2.49. The topological polar surface area (TPSA) is 0 Å². The molecule has 0 aliphatic heterocycles. The van der Waals surface area contributed by atoms with Crippen LogP contribution in [0.25, 0.3) is 0 Å². The summed E-state index contributed by atoms with van der Waals surface area (Å²) in [6, 6.07) is 7.35. The number of hydrogen-bond acceptors (Lipinski definition) is 0. The molecule has 0 nitrogen and oxygen atoms in total. The molecule has 0 aliphatic rings. The van der Waals surface area contributed by atoms with Gasteiger partial charge >= 0.3 is 0 Å². The van der Waals surface area contributed by atoms with Gasteiger partial charge in [-0.05, 0) is 75.6 Å². The first-order valence-electron chi connectivity index (χ1n) is 9.22. The lowest BCUT2D eigenvalue weighted by atomic mass is 9.81. The van der Waals surface area contributed by atoms with Gasteiger partial charge in [-0.25, -0.2) is 0 Å². The third-order valence-corrected chi connectivity index (χ3v) is 11.1. The molecule has 0 atom stereocenters. The van der Waals surface area contributed by atoms with Crippen molar-refractivity contribution in [1.29, 1.82) is 0 Å². The maximum Gasteiger partial charge on any atom is 0.0662 e. The first-order valence-corrected chi connectivity index (χ1v) is 11.2. The lowest BCUT2D eigenvalue weighted by molar-refractivity contribution is 0.569. The highest BCUT2D eigenvalue weighted by molar-refractivity contribution is 7.86. The van der Waals surface area contributed by atoms with Crippen molar-refractivity contribution in [3.05, 3.63) is 36.0 Å². The Kier molecular flexibility index (Phi) is 5.53. The molecule has 1 rings (SSSR count). The molecule has 24 heavy (non-hydrogen) atoms. The van der Waals surface area contributed by atoms with Crippen molar-refractivity contribution in [1.82, 2.24) is 0 Å². The molecule has 0 fully saturated rings. The summed E-state index contributed by atoms with van der Waals surface area (Å²) in [5.74, 6) is 0. The molecule has 0 unspecified atom stereocenters. The predicted molar refractivity (Wildman–Crippen MR) is 115 cm³/mol. The van der Waals surface area contributed by atoms with Crippen LogP contribution < -0.4 is 5.30 Å². The zero-order chi connectivity index (χ0) is 19.4. The Morgan fingerprint density at radius 2 is 0.875 bits per heavy atom. The second-order valence-corrected chi connectivity index (χ2v) is 16.2. The fourth-order valence-corrected chi connectivity index (χ4v) is 7.76.